The Morgan fingerprint density at radius 3 is 3.00 bits per heavy atom. The van der Waals surface area contributed by atoms with Gasteiger partial charge in [-0.3, -0.25) is 9.59 Å². The van der Waals surface area contributed by atoms with Gasteiger partial charge in [-0.1, -0.05) is 11.6 Å². The first-order chi connectivity index (χ1) is 8.52. The van der Waals surface area contributed by atoms with Gasteiger partial charge in [0.25, 0.3) is 5.56 Å². The van der Waals surface area contributed by atoms with E-state index in [0.29, 0.717) is 5.69 Å². The topological polar surface area (TPSA) is 99.2 Å². The molecule has 1 aliphatic carbocycles. The Hall–Kier alpha value is -1.60. The zero-order valence-corrected chi connectivity index (χ0v) is 10.5. The van der Waals surface area contributed by atoms with Gasteiger partial charge >= 0.3 is 5.97 Å². The summed E-state index contributed by atoms with van der Waals surface area (Å²) in [5.74, 6) is -0.564. The fraction of sp³-hybridized carbons (Fsp3) is 0.500. The fourth-order valence-electron chi connectivity index (χ4n) is 1.45. The summed E-state index contributed by atoms with van der Waals surface area (Å²) in [5.41, 5.74) is 5.54. The van der Waals surface area contributed by atoms with E-state index in [0.717, 1.165) is 11.1 Å². The van der Waals surface area contributed by atoms with E-state index in [2.05, 4.69) is 15.2 Å². The molecule has 2 rings (SSSR count). The summed E-state index contributed by atoms with van der Waals surface area (Å²) in [6, 6.07) is 0.207. The van der Waals surface area contributed by atoms with E-state index in [1.807, 2.05) is 0 Å². The van der Waals surface area contributed by atoms with Crippen molar-refractivity contribution in [3.8, 4) is 0 Å². The molecule has 2 unspecified atom stereocenters. The normalized spacial score (nSPS) is 21.5. The van der Waals surface area contributed by atoms with Crippen LogP contribution in [0.15, 0.2) is 11.0 Å². The SMILES string of the molecule is COC(=O)Cn1ncc(NC2CC2N)c(Cl)c1=O. The predicted molar refractivity (Wildman–Crippen MR) is 65.5 cm³/mol. The number of carbonyl (C=O) groups excluding carboxylic acids is 1. The van der Waals surface area contributed by atoms with Crippen molar-refractivity contribution in [1.82, 2.24) is 9.78 Å². The molecule has 2 atom stereocenters. The molecule has 3 N–H and O–H groups in total. The van der Waals surface area contributed by atoms with Gasteiger partial charge in [0.15, 0.2) is 0 Å². The molecule has 1 saturated carbocycles. The number of halogens is 1. The number of methoxy groups -OCH3 is 1. The monoisotopic (exact) mass is 272 g/mol. The first kappa shape index (κ1) is 12.8. The largest absolute Gasteiger partial charge is 0.468 e. The molecule has 18 heavy (non-hydrogen) atoms. The molecular weight excluding hydrogens is 260 g/mol. The Labute approximate surface area is 108 Å². The van der Waals surface area contributed by atoms with E-state index in [-0.39, 0.29) is 23.7 Å². The van der Waals surface area contributed by atoms with Crippen LogP contribution in [0, 0.1) is 0 Å². The molecular formula is C10H13ClN4O3. The Balaban J connectivity index is 2.18. The van der Waals surface area contributed by atoms with Crippen LogP contribution in [-0.2, 0) is 16.1 Å². The summed E-state index contributed by atoms with van der Waals surface area (Å²) >= 11 is 5.92. The van der Waals surface area contributed by atoms with Crippen LogP contribution in [0.2, 0.25) is 5.02 Å². The quantitative estimate of drug-likeness (QED) is 0.723. The number of hydrogen-bond acceptors (Lipinski definition) is 6. The lowest BCUT2D eigenvalue weighted by Crippen LogP contribution is -2.28. The highest BCUT2D eigenvalue weighted by molar-refractivity contribution is 6.32. The Morgan fingerprint density at radius 1 is 1.78 bits per heavy atom. The summed E-state index contributed by atoms with van der Waals surface area (Å²) in [7, 11) is 1.24. The smallest absolute Gasteiger partial charge is 0.327 e. The third-order valence-corrected chi connectivity index (χ3v) is 3.04. The lowest BCUT2D eigenvalue weighted by molar-refractivity contribution is -0.141. The van der Waals surface area contributed by atoms with Crippen molar-refractivity contribution in [2.24, 2.45) is 5.73 Å². The van der Waals surface area contributed by atoms with Gasteiger partial charge in [0, 0.05) is 12.1 Å². The van der Waals surface area contributed by atoms with Crippen LogP contribution in [0.3, 0.4) is 0 Å². The van der Waals surface area contributed by atoms with Gasteiger partial charge in [-0.2, -0.15) is 5.10 Å². The molecule has 7 nitrogen and oxygen atoms in total. The lowest BCUT2D eigenvalue weighted by Gasteiger charge is -2.09. The van der Waals surface area contributed by atoms with Gasteiger partial charge in [-0.15, -0.1) is 0 Å². The molecule has 0 radical (unpaired) electrons. The molecule has 0 aromatic carbocycles. The second kappa shape index (κ2) is 4.95. The van der Waals surface area contributed by atoms with Crippen LogP contribution in [0.1, 0.15) is 6.42 Å². The van der Waals surface area contributed by atoms with E-state index in [9.17, 15) is 9.59 Å². The minimum absolute atomic E-state index is 0.00648. The molecule has 0 spiro atoms. The summed E-state index contributed by atoms with van der Waals surface area (Å²) in [6.07, 6.45) is 2.24. The molecule has 0 bridgehead atoms. The van der Waals surface area contributed by atoms with Crippen LogP contribution in [0.25, 0.3) is 0 Å². The van der Waals surface area contributed by atoms with Gasteiger partial charge < -0.3 is 15.8 Å². The van der Waals surface area contributed by atoms with Gasteiger partial charge in [0.2, 0.25) is 0 Å². The van der Waals surface area contributed by atoms with Gasteiger partial charge in [-0.25, -0.2) is 4.68 Å². The Bertz CT molecular complexity index is 530. The number of nitrogens with one attached hydrogen (secondary N) is 1. The van der Waals surface area contributed by atoms with Gasteiger partial charge in [-0.05, 0) is 6.42 Å². The van der Waals surface area contributed by atoms with Crippen molar-refractivity contribution in [3.63, 3.8) is 0 Å². The number of ether oxygens (including phenoxy) is 1. The average molecular weight is 273 g/mol. The Kier molecular flexibility index (Phi) is 3.53. The van der Waals surface area contributed by atoms with Crippen molar-refractivity contribution in [2.75, 3.05) is 12.4 Å². The minimum atomic E-state index is -0.564. The van der Waals surface area contributed by atoms with Crippen molar-refractivity contribution < 1.29 is 9.53 Å². The average Bonchev–Trinajstić information content (AvgIpc) is 3.04. The van der Waals surface area contributed by atoms with Gasteiger partial charge in [0.1, 0.15) is 11.6 Å². The van der Waals surface area contributed by atoms with Crippen molar-refractivity contribution >= 4 is 23.3 Å². The molecule has 1 aromatic heterocycles. The maximum atomic E-state index is 11.8. The molecule has 1 heterocycles. The molecule has 8 heteroatoms. The molecule has 1 fully saturated rings. The summed E-state index contributed by atoms with van der Waals surface area (Å²) in [6.45, 7) is -0.266. The second-order valence-corrected chi connectivity index (χ2v) is 4.44. The first-order valence-corrected chi connectivity index (χ1v) is 5.75. The highest BCUT2D eigenvalue weighted by Crippen LogP contribution is 2.26. The Morgan fingerprint density at radius 2 is 2.44 bits per heavy atom. The summed E-state index contributed by atoms with van der Waals surface area (Å²) < 4.78 is 5.40. The highest BCUT2D eigenvalue weighted by Gasteiger charge is 2.34. The number of anilines is 1. The van der Waals surface area contributed by atoms with Crippen LogP contribution < -0.4 is 16.6 Å². The minimum Gasteiger partial charge on any atom is -0.468 e. The van der Waals surface area contributed by atoms with Crippen LogP contribution in [-0.4, -0.2) is 34.9 Å². The summed E-state index contributed by atoms with van der Waals surface area (Å²) in [5, 5.41) is 6.86. The molecule has 1 aromatic rings. The third-order valence-electron chi connectivity index (χ3n) is 2.67. The maximum Gasteiger partial charge on any atom is 0.327 e. The van der Waals surface area contributed by atoms with Gasteiger partial charge in [0.05, 0.1) is 19.0 Å². The summed E-state index contributed by atoms with van der Waals surface area (Å²) in [4.78, 5) is 22.9. The number of hydrogen-bond donors (Lipinski definition) is 2. The third kappa shape index (κ3) is 2.62. The number of esters is 1. The number of nitrogens with zero attached hydrogens (tertiary/aromatic N) is 2. The van der Waals surface area contributed by atoms with E-state index in [4.69, 9.17) is 17.3 Å². The second-order valence-electron chi connectivity index (χ2n) is 4.06. The molecule has 0 aliphatic heterocycles. The van der Waals surface area contributed by atoms with Crippen LogP contribution in [0.4, 0.5) is 5.69 Å². The van der Waals surface area contributed by atoms with E-state index < -0.39 is 11.5 Å². The standard InChI is InChI=1S/C10H13ClN4O3/c1-18-8(16)4-15-10(17)9(11)7(3-13-15)14-6-2-5(6)12/h3,5-6,14H,2,4,12H2,1H3. The number of carbonyl (C=O) groups is 1. The zero-order valence-electron chi connectivity index (χ0n) is 9.72. The van der Waals surface area contributed by atoms with Crippen molar-refractivity contribution in [1.29, 1.82) is 0 Å². The predicted octanol–water partition coefficient (Wildman–Crippen LogP) is -0.419. The van der Waals surface area contributed by atoms with E-state index in [1.54, 1.807) is 0 Å². The number of aromatic nitrogens is 2. The maximum absolute atomic E-state index is 11.8. The number of nitrogens with two attached hydrogens (primary N) is 1. The van der Waals surface area contributed by atoms with Crippen LogP contribution >= 0.6 is 11.6 Å². The van der Waals surface area contributed by atoms with Crippen molar-refractivity contribution in [3.05, 3.63) is 21.6 Å². The van der Waals surface area contributed by atoms with E-state index >= 15 is 0 Å². The first-order valence-electron chi connectivity index (χ1n) is 5.37. The van der Waals surface area contributed by atoms with Crippen molar-refractivity contribution in [2.45, 2.75) is 25.0 Å². The fourth-order valence-corrected chi connectivity index (χ4v) is 1.65. The molecule has 1 aliphatic rings. The molecule has 0 amide bonds. The highest BCUT2D eigenvalue weighted by atomic mass is 35.5. The lowest BCUT2D eigenvalue weighted by atomic mass is 10.4. The van der Waals surface area contributed by atoms with Crippen LogP contribution in [0.5, 0.6) is 0 Å². The zero-order chi connectivity index (χ0) is 13.3. The van der Waals surface area contributed by atoms with E-state index in [1.165, 1.54) is 13.3 Å². The molecule has 98 valence electrons. The number of rotatable bonds is 4. The molecule has 0 saturated heterocycles.